The maximum Gasteiger partial charge on any atom is 0.137 e. The molecule has 0 N–H and O–H groups in total. The van der Waals surface area contributed by atoms with Gasteiger partial charge >= 0.3 is 0 Å². The summed E-state index contributed by atoms with van der Waals surface area (Å²) in [7, 11) is 0. The van der Waals surface area contributed by atoms with Gasteiger partial charge in [0.05, 0.1) is 6.04 Å². The molecule has 0 spiro atoms. The van der Waals surface area contributed by atoms with Gasteiger partial charge in [-0.15, -0.1) is 0 Å². The number of anilines is 1. The van der Waals surface area contributed by atoms with Crippen LogP contribution in [-0.4, -0.2) is 50.3 Å². The van der Waals surface area contributed by atoms with Gasteiger partial charge in [0.2, 0.25) is 0 Å². The Morgan fingerprint density at radius 1 is 0.841 bits per heavy atom. The van der Waals surface area contributed by atoms with Crippen molar-refractivity contribution in [1.29, 1.82) is 0 Å². The molecule has 44 heavy (non-hydrogen) atoms. The summed E-state index contributed by atoms with van der Waals surface area (Å²) in [5, 5.41) is 0. The average Bonchev–Trinajstić information content (AvgIpc) is 3.05. The van der Waals surface area contributed by atoms with Crippen LogP contribution in [0.3, 0.4) is 0 Å². The van der Waals surface area contributed by atoms with Crippen molar-refractivity contribution in [2.24, 2.45) is 0 Å². The summed E-state index contributed by atoms with van der Waals surface area (Å²) in [6.45, 7) is 14.0. The number of para-hydroxylation sites is 1. The van der Waals surface area contributed by atoms with E-state index < -0.39 is 0 Å². The van der Waals surface area contributed by atoms with Gasteiger partial charge in [0, 0.05) is 41.6 Å². The molecule has 7 rings (SSSR count). The molecule has 1 saturated heterocycles. The van der Waals surface area contributed by atoms with Gasteiger partial charge in [-0.25, -0.2) is 0 Å². The molecular formula is C39H44N2O3. The van der Waals surface area contributed by atoms with Crippen molar-refractivity contribution in [2.75, 3.05) is 44.3 Å². The van der Waals surface area contributed by atoms with Crippen LogP contribution in [-0.2, 0) is 6.42 Å². The molecular weight excluding hydrogens is 544 g/mol. The number of nitrogens with zero attached hydrogens (tertiary/aromatic N) is 2. The number of hydrogen-bond donors (Lipinski definition) is 0. The Labute approximate surface area is 262 Å². The second kappa shape index (κ2) is 12.2. The predicted octanol–water partition coefficient (Wildman–Crippen LogP) is 8.04. The van der Waals surface area contributed by atoms with Crippen LogP contribution in [0.2, 0.25) is 0 Å². The largest absolute Gasteiger partial charge is 0.490 e. The maximum atomic E-state index is 6.83. The Morgan fingerprint density at radius 3 is 2.45 bits per heavy atom. The van der Waals surface area contributed by atoms with Crippen LogP contribution >= 0.6 is 0 Å². The molecule has 4 aliphatic rings. The molecule has 1 unspecified atom stereocenters. The molecule has 1 aliphatic carbocycles. The van der Waals surface area contributed by atoms with Gasteiger partial charge in [0.25, 0.3) is 0 Å². The Bertz CT molecular complexity index is 1670. The van der Waals surface area contributed by atoms with Crippen LogP contribution in [0, 0.1) is 13.8 Å². The third-order valence-corrected chi connectivity index (χ3v) is 9.70. The number of benzene rings is 3. The number of aryl methyl sites for hydroxylation is 3. The van der Waals surface area contributed by atoms with Gasteiger partial charge in [-0.1, -0.05) is 37.3 Å². The fourth-order valence-corrected chi connectivity index (χ4v) is 7.31. The average molecular weight is 589 g/mol. The first kappa shape index (κ1) is 28.8. The molecule has 1 atom stereocenters. The lowest BCUT2D eigenvalue weighted by atomic mass is 9.81. The standard InChI is InChI=1S/C39H44N2O3/c1-5-40-17-9-12-28-21-31-37(24-33(28)40)44-38-25-34-29(13-10-18-41(34)6-2)22-32(38)39(31)30-16-15-27(4)36(23-30)43-20-19-42-35-14-8-7-11-26(35)3/h7-8,11,14-16,21-25,33H,5-6,9-10,12-13,17-20H2,1-4H3. The molecule has 3 aromatic rings. The third-order valence-electron chi connectivity index (χ3n) is 9.70. The molecule has 0 bridgehead atoms. The first-order valence-corrected chi connectivity index (χ1v) is 16.5. The van der Waals surface area contributed by atoms with Crippen LogP contribution in [0.15, 0.2) is 83.7 Å². The number of likely N-dealkylation sites (tertiary alicyclic amines) is 1. The fourth-order valence-electron chi connectivity index (χ4n) is 7.31. The number of hydrogen-bond acceptors (Lipinski definition) is 5. The zero-order chi connectivity index (χ0) is 30.2. The highest BCUT2D eigenvalue weighted by atomic mass is 16.5. The maximum absolute atomic E-state index is 6.83. The number of rotatable bonds is 8. The SMILES string of the molecule is CCN1CCCc2cc3c(cc21)OC1=CC2C(=CC1=C3c1ccc(C)c(OCCOc3ccccc3C)c1)CCCN2CC. The third kappa shape index (κ3) is 5.32. The van der Waals surface area contributed by atoms with Crippen molar-refractivity contribution >= 4 is 11.3 Å². The smallest absolute Gasteiger partial charge is 0.137 e. The van der Waals surface area contributed by atoms with Crippen LogP contribution < -0.4 is 19.1 Å². The number of allylic oxidation sites excluding steroid dienone is 1. The Hall–Kier alpha value is -3.96. The minimum Gasteiger partial charge on any atom is -0.490 e. The Balaban J connectivity index is 1.28. The summed E-state index contributed by atoms with van der Waals surface area (Å²) < 4.78 is 19.2. The first-order valence-electron chi connectivity index (χ1n) is 16.5. The number of likely N-dealkylation sites (N-methyl/N-ethyl adjacent to an activating group) is 1. The topological polar surface area (TPSA) is 34.2 Å². The second-order valence-corrected chi connectivity index (χ2v) is 12.4. The summed E-state index contributed by atoms with van der Waals surface area (Å²) in [5.74, 6) is 3.74. The number of piperidine rings is 1. The van der Waals surface area contributed by atoms with Crippen molar-refractivity contribution in [3.8, 4) is 17.2 Å². The van der Waals surface area contributed by atoms with Crippen molar-refractivity contribution in [2.45, 2.75) is 59.4 Å². The lowest BCUT2D eigenvalue weighted by molar-refractivity contribution is 0.215. The molecule has 5 nitrogen and oxygen atoms in total. The summed E-state index contributed by atoms with van der Waals surface area (Å²) in [4.78, 5) is 5.06. The van der Waals surface area contributed by atoms with E-state index in [4.69, 9.17) is 14.2 Å². The van der Waals surface area contributed by atoms with Crippen LogP contribution in [0.4, 0.5) is 5.69 Å². The van der Waals surface area contributed by atoms with Crippen LogP contribution in [0.1, 0.15) is 60.9 Å². The van der Waals surface area contributed by atoms with Crippen molar-refractivity contribution in [1.82, 2.24) is 4.90 Å². The lowest BCUT2D eigenvalue weighted by Gasteiger charge is -2.40. The van der Waals surface area contributed by atoms with E-state index in [1.54, 1.807) is 0 Å². The Kier molecular flexibility index (Phi) is 7.98. The molecule has 0 radical (unpaired) electrons. The fraction of sp³-hybridized carbons (Fsp3) is 0.385. The van der Waals surface area contributed by atoms with E-state index in [2.05, 4.69) is 86.0 Å². The quantitative estimate of drug-likeness (QED) is 0.249. The van der Waals surface area contributed by atoms with Gasteiger partial charge in [0.15, 0.2) is 0 Å². The highest BCUT2D eigenvalue weighted by molar-refractivity contribution is 5.92. The number of ether oxygens (including phenoxy) is 3. The summed E-state index contributed by atoms with van der Waals surface area (Å²) >= 11 is 0. The molecule has 5 heteroatoms. The lowest BCUT2D eigenvalue weighted by Crippen LogP contribution is -2.41. The van der Waals surface area contributed by atoms with Gasteiger partial charge in [-0.05, 0) is 118 Å². The zero-order valence-electron chi connectivity index (χ0n) is 26.6. The molecule has 0 aromatic heterocycles. The van der Waals surface area contributed by atoms with Gasteiger partial charge in [0.1, 0.15) is 36.2 Å². The van der Waals surface area contributed by atoms with Crippen molar-refractivity contribution < 1.29 is 14.2 Å². The van der Waals surface area contributed by atoms with Crippen LogP contribution in [0.5, 0.6) is 17.2 Å². The van der Waals surface area contributed by atoms with E-state index in [-0.39, 0.29) is 0 Å². The summed E-state index contributed by atoms with van der Waals surface area (Å²) in [6, 6.07) is 19.8. The molecule has 228 valence electrons. The second-order valence-electron chi connectivity index (χ2n) is 12.4. The van der Waals surface area contributed by atoms with Gasteiger partial charge in [-0.2, -0.15) is 0 Å². The molecule has 0 saturated carbocycles. The van der Waals surface area contributed by atoms with E-state index in [0.29, 0.717) is 19.3 Å². The molecule has 1 fully saturated rings. The molecule has 0 amide bonds. The van der Waals surface area contributed by atoms with E-state index >= 15 is 0 Å². The zero-order valence-corrected chi connectivity index (χ0v) is 26.6. The minimum atomic E-state index is 0.310. The van der Waals surface area contributed by atoms with Gasteiger partial charge < -0.3 is 19.1 Å². The van der Waals surface area contributed by atoms with Crippen molar-refractivity contribution in [3.63, 3.8) is 0 Å². The monoisotopic (exact) mass is 588 g/mol. The minimum absolute atomic E-state index is 0.310. The molecule has 3 heterocycles. The Morgan fingerprint density at radius 2 is 1.64 bits per heavy atom. The van der Waals surface area contributed by atoms with Crippen LogP contribution in [0.25, 0.3) is 5.57 Å². The van der Waals surface area contributed by atoms with E-state index in [1.165, 1.54) is 46.4 Å². The van der Waals surface area contributed by atoms with E-state index in [0.717, 1.165) is 78.7 Å². The molecule has 3 aliphatic heterocycles. The summed E-state index contributed by atoms with van der Waals surface area (Å²) in [6.07, 6.45) is 9.43. The van der Waals surface area contributed by atoms with Crippen molar-refractivity contribution in [3.05, 3.63) is 111 Å². The van der Waals surface area contributed by atoms with E-state index in [1.807, 2.05) is 18.2 Å². The number of fused-ring (bicyclic) bond motifs is 4. The molecule has 3 aromatic carbocycles. The van der Waals surface area contributed by atoms with E-state index in [9.17, 15) is 0 Å². The highest BCUT2D eigenvalue weighted by Crippen LogP contribution is 2.48. The van der Waals surface area contributed by atoms with Gasteiger partial charge in [-0.3, -0.25) is 4.90 Å². The first-order chi connectivity index (χ1) is 21.5. The normalized spacial score (nSPS) is 19.2. The predicted molar refractivity (Wildman–Crippen MR) is 179 cm³/mol. The highest BCUT2D eigenvalue weighted by Gasteiger charge is 2.34. The summed E-state index contributed by atoms with van der Waals surface area (Å²) in [5.41, 5.74) is 11.3.